The zero-order valence-corrected chi connectivity index (χ0v) is 20.1. The van der Waals surface area contributed by atoms with Gasteiger partial charge in [-0.3, -0.25) is 14.2 Å². The predicted octanol–water partition coefficient (Wildman–Crippen LogP) is 4.42. The second-order valence-corrected chi connectivity index (χ2v) is 8.91. The van der Waals surface area contributed by atoms with Gasteiger partial charge in [-0.15, -0.1) is 0 Å². The van der Waals surface area contributed by atoms with E-state index in [1.807, 2.05) is 48.5 Å². The van der Waals surface area contributed by atoms with Gasteiger partial charge in [0.05, 0.1) is 24.1 Å². The van der Waals surface area contributed by atoms with E-state index in [1.54, 1.807) is 35.6 Å². The molecule has 7 heteroatoms. The Morgan fingerprint density at radius 3 is 2.53 bits per heavy atom. The average Bonchev–Trinajstić information content (AvgIpc) is 2.86. The number of para-hydroxylation sites is 1. The summed E-state index contributed by atoms with van der Waals surface area (Å²) in [6.45, 7) is 3.38. The molecule has 0 aliphatic carbocycles. The van der Waals surface area contributed by atoms with Crippen molar-refractivity contribution in [3.8, 4) is 0 Å². The molecule has 0 unspecified atom stereocenters. The lowest BCUT2D eigenvalue weighted by molar-refractivity contribution is 0.0937. The van der Waals surface area contributed by atoms with Crippen LogP contribution < -0.4 is 10.9 Å². The molecule has 0 radical (unpaired) electrons. The molecule has 0 saturated carbocycles. The van der Waals surface area contributed by atoms with Crippen molar-refractivity contribution in [1.82, 2.24) is 14.9 Å². The summed E-state index contributed by atoms with van der Waals surface area (Å²) in [5, 5.41) is 4.08. The number of fused-ring (bicyclic) bond motifs is 1. The van der Waals surface area contributed by atoms with Gasteiger partial charge in [-0.1, -0.05) is 60.3 Å². The second kappa shape index (κ2) is 11.1. The standard InChI is InChI=1S/C27H27N3O3S/c1-19-7-3-4-8-22(19)18-34-27-29-24-10-6-5-9-23(24)26(32)30(27)17-20-11-13-21(14-12-20)25(31)28-15-16-33-2/h3-14H,15-18H2,1-2H3,(H,28,31). The Bertz CT molecular complexity index is 1350. The highest BCUT2D eigenvalue weighted by Gasteiger charge is 2.13. The smallest absolute Gasteiger partial charge is 0.262 e. The molecule has 3 aromatic carbocycles. The normalized spacial score (nSPS) is 11.0. The molecule has 0 aliphatic heterocycles. The number of rotatable bonds is 9. The Morgan fingerprint density at radius 2 is 1.76 bits per heavy atom. The molecule has 0 fully saturated rings. The molecule has 34 heavy (non-hydrogen) atoms. The molecule has 4 aromatic rings. The second-order valence-electron chi connectivity index (χ2n) is 7.96. The molecular weight excluding hydrogens is 446 g/mol. The minimum Gasteiger partial charge on any atom is -0.383 e. The summed E-state index contributed by atoms with van der Waals surface area (Å²) in [6.07, 6.45) is 0. The Kier molecular flexibility index (Phi) is 7.77. The summed E-state index contributed by atoms with van der Waals surface area (Å²) >= 11 is 1.56. The number of hydrogen-bond acceptors (Lipinski definition) is 5. The fourth-order valence-corrected chi connectivity index (χ4v) is 4.70. The lowest BCUT2D eigenvalue weighted by atomic mass is 10.1. The summed E-state index contributed by atoms with van der Waals surface area (Å²) < 4.78 is 6.69. The van der Waals surface area contributed by atoms with E-state index in [0.29, 0.717) is 41.3 Å². The maximum atomic E-state index is 13.4. The molecule has 0 aliphatic rings. The van der Waals surface area contributed by atoms with Gasteiger partial charge < -0.3 is 10.1 Å². The van der Waals surface area contributed by atoms with E-state index >= 15 is 0 Å². The van der Waals surface area contributed by atoms with Gasteiger partial charge in [0.25, 0.3) is 11.5 Å². The number of ether oxygens (including phenoxy) is 1. The third-order valence-electron chi connectivity index (χ3n) is 5.59. The summed E-state index contributed by atoms with van der Waals surface area (Å²) in [5.41, 5.74) is 4.54. The lowest BCUT2D eigenvalue weighted by Gasteiger charge is -2.14. The Labute approximate surface area is 203 Å². The number of carbonyl (C=O) groups excluding carboxylic acids is 1. The molecule has 1 heterocycles. The number of nitrogens with one attached hydrogen (secondary N) is 1. The minimum absolute atomic E-state index is 0.0701. The van der Waals surface area contributed by atoms with Crippen molar-refractivity contribution < 1.29 is 9.53 Å². The molecule has 0 spiro atoms. The Morgan fingerprint density at radius 1 is 1.03 bits per heavy atom. The zero-order valence-electron chi connectivity index (χ0n) is 19.3. The maximum Gasteiger partial charge on any atom is 0.262 e. The van der Waals surface area contributed by atoms with Crippen molar-refractivity contribution in [3.63, 3.8) is 0 Å². The van der Waals surface area contributed by atoms with Gasteiger partial charge in [-0.25, -0.2) is 4.98 Å². The van der Waals surface area contributed by atoms with E-state index < -0.39 is 0 Å². The quantitative estimate of drug-likeness (QED) is 0.221. The molecular formula is C27H27N3O3S. The third kappa shape index (κ3) is 5.55. The first-order chi connectivity index (χ1) is 16.6. The molecule has 1 aromatic heterocycles. The number of thioether (sulfide) groups is 1. The SMILES string of the molecule is COCCNC(=O)c1ccc(Cn2c(SCc3ccccc3C)nc3ccccc3c2=O)cc1. The van der Waals surface area contributed by atoms with Crippen LogP contribution in [0.4, 0.5) is 0 Å². The van der Waals surface area contributed by atoms with E-state index in [-0.39, 0.29) is 11.5 Å². The van der Waals surface area contributed by atoms with Crippen molar-refractivity contribution in [2.45, 2.75) is 24.4 Å². The van der Waals surface area contributed by atoms with Gasteiger partial charge in [0.15, 0.2) is 5.16 Å². The van der Waals surface area contributed by atoms with Crippen molar-refractivity contribution in [1.29, 1.82) is 0 Å². The number of aryl methyl sites for hydroxylation is 1. The van der Waals surface area contributed by atoms with Crippen molar-refractivity contribution >= 4 is 28.6 Å². The monoisotopic (exact) mass is 473 g/mol. The van der Waals surface area contributed by atoms with E-state index in [0.717, 1.165) is 11.3 Å². The fourth-order valence-electron chi connectivity index (χ4n) is 3.62. The Hall–Kier alpha value is -3.42. The van der Waals surface area contributed by atoms with Crippen LogP contribution in [0.2, 0.25) is 0 Å². The predicted molar refractivity (Wildman–Crippen MR) is 136 cm³/mol. The van der Waals surface area contributed by atoms with Crippen molar-refractivity contribution in [2.24, 2.45) is 0 Å². The van der Waals surface area contributed by atoms with Crippen LogP contribution in [0.5, 0.6) is 0 Å². The van der Waals surface area contributed by atoms with E-state index in [4.69, 9.17) is 9.72 Å². The van der Waals surface area contributed by atoms with Crippen LogP contribution in [0.25, 0.3) is 10.9 Å². The van der Waals surface area contributed by atoms with E-state index in [9.17, 15) is 9.59 Å². The minimum atomic E-state index is -0.150. The van der Waals surface area contributed by atoms with Gasteiger partial charge in [0, 0.05) is 25.0 Å². The topological polar surface area (TPSA) is 73.2 Å². The highest BCUT2D eigenvalue weighted by molar-refractivity contribution is 7.98. The van der Waals surface area contributed by atoms with Crippen LogP contribution in [0.3, 0.4) is 0 Å². The molecule has 4 rings (SSSR count). The number of amides is 1. The molecule has 174 valence electrons. The summed E-state index contributed by atoms with van der Waals surface area (Å²) in [4.78, 5) is 30.5. The molecule has 0 bridgehead atoms. The number of aromatic nitrogens is 2. The van der Waals surface area contributed by atoms with E-state index in [1.165, 1.54) is 11.1 Å². The summed E-state index contributed by atoms with van der Waals surface area (Å²) in [5.74, 6) is 0.570. The van der Waals surface area contributed by atoms with Crippen molar-refractivity contribution in [3.05, 3.63) is 105 Å². The van der Waals surface area contributed by atoms with Gasteiger partial charge >= 0.3 is 0 Å². The zero-order chi connectivity index (χ0) is 23.9. The van der Waals surface area contributed by atoms with Crippen LogP contribution in [0.15, 0.2) is 82.7 Å². The first-order valence-electron chi connectivity index (χ1n) is 11.1. The lowest BCUT2D eigenvalue weighted by Crippen LogP contribution is -2.27. The number of methoxy groups -OCH3 is 1. The molecule has 0 atom stereocenters. The van der Waals surface area contributed by atoms with Crippen LogP contribution in [0.1, 0.15) is 27.0 Å². The van der Waals surface area contributed by atoms with Crippen molar-refractivity contribution in [2.75, 3.05) is 20.3 Å². The average molecular weight is 474 g/mol. The van der Waals surface area contributed by atoms with Crippen LogP contribution in [0, 0.1) is 6.92 Å². The van der Waals surface area contributed by atoms with Crippen LogP contribution in [-0.4, -0.2) is 35.7 Å². The maximum absolute atomic E-state index is 13.4. The van der Waals surface area contributed by atoms with Gasteiger partial charge in [0.1, 0.15) is 0 Å². The number of benzene rings is 3. The Balaban J connectivity index is 1.61. The largest absolute Gasteiger partial charge is 0.383 e. The highest BCUT2D eigenvalue weighted by atomic mass is 32.2. The number of hydrogen-bond donors (Lipinski definition) is 1. The molecule has 0 saturated heterocycles. The van der Waals surface area contributed by atoms with Crippen LogP contribution in [-0.2, 0) is 17.0 Å². The first-order valence-corrected chi connectivity index (χ1v) is 12.1. The first kappa shape index (κ1) is 23.7. The number of carbonyl (C=O) groups is 1. The molecule has 1 N–H and O–H groups in total. The fraction of sp³-hybridized carbons (Fsp3) is 0.222. The third-order valence-corrected chi connectivity index (χ3v) is 6.62. The summed E-state index contributed by atoms with van der Waals surface area (Å²) in [6, 6.07) is 23.0. The highest BCUT2D eigenvalue weighted by Crippen LogP contribution is 2.24. The number of nitrogens with zero attached hydrogens (tertiary/aromatic N) is 2. The van der Waals surface area contributed by atoms with Crippen LogP contribution >= 0.6 is 11.8 Å². The molecule has 6 nitrogen and oxygen atoms in total. The molecule has 1 amide bonds. The summed E-state index contributed by atoms with van der Waals surface area (Å²) in [7, 11) is 1.60. The van der Waals surface area contributed by atoms with E-state index in [2.05, 4.69) is 24.4 Å². The van der Waals surface area contributed by atoms with Gasteiger partial charge in [-0.05, 0) is 47.9 Å². The van der Waals surface area contributed by atoms with Gasteiger partial charge in [-0.2, -0.15) is 0 Å². The van der Waals surface area contributed by atoms with Gasteiger partial charge in [0.2, 0.25) is 0 Å².